The molecule has 5 heteroatoms. The number of carbonyl (C=O) groups excluding carboxylic acids is 1. The number of sulfonamides is 1. The van der Waals surface area contributed by atoms with Crippen LogP contribution in [0.15, 0.2) is 65.6 Å². The van der Waals surface area contributed by atoms with E-state index in [9.17, 15) is 13.2 Å². The fourth-order valence-corrected chi connectivity index (χ4v) is 3.44. The van der Waals surface area contributed by atoms with Crippen LogP contribution in [-0.2, 0) is 10.0 Å². The molecule has 0 atom stereocenters. The lowest BCUT2D eigenvalue weighted by Gasteiger charge is -2.11. The van der Waals surface area contributed by atoms with Gasteiger partial charge in [0.25, 0.3) is 10.0 Å². The lowest BCUT2D eigenvalue weighted by molar-refractivity contribution is 0.112. The molecule has 0 aliphatic carbocycles. The van der Waals surface area contributed by atoms with Crippen LogP contribution in [0, 0.1) is 6.92 Å². The van der Waals surface area contributed by atoms with Gasteiger partial charge in [-0.2, -0.15) is 0 Å². The molecule has 0 amide bonds. The molecule has 3 rings (SSSR count). The molecule has 4 nitrogen and oxygen atoms in total. The van der Waals surface area contributed by atoms with Crippen molar-refractivity contribution < 1.29 is 13.2 Å². The van der Waals surface area contributed by atoms with Crippen LogP contribution in [0.4, 0.5) is 5.69 Å². The van der Waals surface area contributed by atoms with Gasteiger partial charge < -0.3 is 0 Å². The van der Waals surface area contributed by atoms with Crippen LogP contribution in [0.25, 0.3) is 10.8 Å². The normalized spacial score (nSPS) is 11.3. The molecule has 0 unspecified atom stereocenters. The summed E-state index contributed by atoms with van der Waals surface area (Å²) in [5.41, 5.74) is 1.56. The number of hydrogen-bond acceptors (Lipinski definition) is 3. The lowest BCUT2D eigenvalue weighted by Crippen LogP contribution is -2.14. The van der Waals surface area contributed by atoms with E-state index in [1.807, 2.05) is 31.2 Å². The molecule has 0 aliphatic rings. The minimum Gasteiger partial charge on any atom is -0.298 e. The van der Waals surface area contributed by atoms with Gasteiger partial charge in [0.05, 0.1) is 10.6 Å². The van der Waals surface area contributed by atoms with Gasteiger partial charge in [-0.1, -0.05) is 42.0 Å². The molecular weight excluding hydrogens is 310 g/mol. The Morgan fingerprint density at radius 3 is 2.13 bits per heavy atom. The average Bonchev–Trinajstić information content (AvgIpc) is 2.54. The first kappa shape index (κ1) is 15.2. The zero-order valence-corrected chi connectivity index (χ0v) is 13.3. The minimum absolute atomic E-state index is 0.160. The maximum absolute atomic E-state index is 12.5. The predicted octanol–water partition coefficient (Wildman–Crippen LogP) is 3.76. The summed E-state index contributed by atoms with van der Waals surface area (Å²) < 4.78 is 27.5. The Balaban J connectivity index is 2.06. The van der Waals surface area contributed by atoms with Crippen molar-refractivity contribution in [1.82, 2.24) is 0 Å². The standard InChI is InChI=1S/C18H15NO3S/c1-13-6-8-17(9-7-13)23(21,22)19-18-11-15-5-3-2-4-14(15)10-16(18)12-20/h2-12,19H,1H3. The Kier molecular flexibility index (Phi) is 3.88. The number of hydrogen-bond donors (Lipinski definition) is 1. The van der Waals surface area contributed by atoms with E-state index in [1.54, 1.807) is 36.4 Å². The van der Waals surface area contributed by atoms with E-state index >= 15 is 0 Å². The molecule has 0 fully saturated rings. The Morgan fingerprint density at radius 1 is 0.913 bits per heavy atom. The quantitative estimate of drug-likeness (QED) is 0.743. The van der Waals surface area contributed by atoms with E-state index in [2.05, 4.69) is 4.72 Å². The second-order valence-electron chi connectivity index (χ2n) is 5.32. The predicted molar refractivity (Wildman–Crippen MR) is 91.3 cm³/mol. The third kappa shape index (κ3) is 3.10. The summed E-state index contributed by atoms with van der Waals surface area (Å²) in [6.45, 7) is 1.89. The van der Waals surface area contributed by atoms with Crippen molar-refractivity contribution in [2.75, 3.05) is 4.72 Å². The Morgan fingerprint density at radius 2 is 1.52 bits per heavy atom. The molecule has 0 radical (unpaired) electrons. The van der Waals surface area contributed by atoms with Gasteiger partial charge in [0.2, 0.25) is 0 Å². The second-order valence-corrected chi connectivity index (χ2v) is 7.01. The van der Waals surface area contributed by atoms with Crippen LogP contribution in [-0.4, -0.2) is 14.7 Å². The van der Waals surface area contributed by atoms with E-state index in [0.717, 1.165) is 16.3 Å². The number of nitrogens with one attached hydrogen (secondary N) is 1. The maximum Gasteiger partial charge on any atom is 0.261 e. The lowest BCUT2D eigenvalue weighted by atomic mass is 10.1. The molecule has 116 valence electrons. The highest BCUT2D eigenvalue weighted by Gasteiger charge is 2.16. The molecule has 0 heterocycles. The molecule has 23 heavy (non-hydrogen) atoms. The second kappa shape index (κ2) is 5.85. The largest absolute Gasteiger partial charge is 0.298 e. The monoisotopic (exact) mass is 325 g/mol. The van der Waals surface area contributed by atoms with Crippen molar-refractivity contribution >= 4 is 32.8 Å². The van der Waals surface area contributed by atoms with Crippen LogP contribution < -0.4 is 4.72 Å². The zero-order valence-electron chi connectivity index (χ0n) is 12.5. The smallest absolute Gasteiger partial charge is 0.261 e. The number of fused-ring (bicyclic) bond motifs is 1. The maximum atomic E-state index is 12.5. The molecule has 0 spiro atoms. The summed E-state index contributed by atoms with van der Waals surface area (Å²) in [4.78, 5) is 11.5. The van der Waals surface area contributed by atoms with Crippen LogP contribution in [0.2, 0.25) is 0 Å². The van der Waals surface area contributed by atoms with Crippen molar-refractivity contribution in [3.05, 3.63) is 71.8 Å². The number of aldehydes is 1. The van der Waals surface area contributed by atoms with Gasteiger partial charge in [0.1, 0.15) is 0 Å². The van der Waals surface area contributed by atoms with Gasteiger partial charge >= 0.3 is 0 Å². The first-order valence-corrected chi connectivity index (χ1v) is 8.55. The van der Waals surface area contributed by atoms with Crippen molar-refractivity contribution in [1.29, 1.82) is 0 Å². The number of carbonyl (C=O) groups is 1. The Hall–Kier alpha value is -2.66. The molecule has 0 bridgehead atoms. The van der Waals surface area contributed by atoms with Crippen LogP contribution in [0.3, 0.4) is 0 Å². The molecule has 0 saturated carbocycles. The van der Waals surface area contributed by atoms with E-state index in [1.165, 1.54) is 0 Å². The van der Waals surface area contributed by atoms with Gasteiger partial charge in [-0.15, -0.1) is 0 Å². The highest BCUT2D eigenvalue weighted by molar-refractivity contribution is 7.92. The van der Waals surface area contributed by atoms with Gasteiger partial charge in [-0.05, 0) is 42.0 Å². The first-order chi connectivity index (χ1) is 11.0. The summed E-state index contributed by atoms with van der Waals surface area (Å²) in [7, 11) is -3.74. The molecular formula is C18H15NO3S. The molecule has 3 aromatic rings. The first-order valence-electron chi connectivity index (χ1n) is 7.07. The van der Waals surface area contributed by atoms with Gasteiger partial charge in [0.15, 0.2) is 6.29 Å². The number of aryl methyl sites for hydroxylation is 1. The summed E-state index contributed by atoms with van der Waals surface area (Å²) in [6.07, 6.45) is 0.652. The van der Waals surface area contributed by atoms with Gasteiger partial charge in [-0.3, -0.25) is 9.52 Å². The average molecular weight is 325 g/mol. The van der Waals surface area contributed by atoms with E-state index in [4.69, 9.17) is 0 Å². The molecule has 0 aliphatic heterocycles. The fraction of sp³-hybridized carbons (Fsp3) is 0.0556. The van der Waals surface area contributed by atoms with E-state index < -0.39 is 10.0 Å². The Labute approximate surface area is 134 Å². The highest BCUT2D eigenvalue weighted by atomic mass is 32.2. The number of benzene rings is 3. The summed E-state index contributed by atoms with van der Waals surface area (Å²) in [5.74, 6) is 0. The third-order valence-electron chi connectivity index (χ3n) is 3.62. The van der Waals surface area contributed by atoms with Crippen molar-refractivity contribution in [3.8, 4) is 0 Å². The highest BCUT2D eigenvalue weighted by Crippen LogP contribution is 2.25. The van der Waals surface area contributed by atoms with E-state index in [0.29, 0.717) is 11.8 Å². The molecule has 0 saturated heterocycles. The van der Waals surface area contributed by atoms with Crippen LogP contribution in [0.1, 0.15) is 15.9 Å². The molecule has 3 aromatic carbocycles. The zero-order chi connectivity index (χ0) is 16.4. The van der Waals surface area contributed by atoms with E-state index in [-0.39, 0.29) is 10.6 Å². The Bertz CT molecular complexity index is 977. The minimum atomic E-state index is -3.74. The molecule has 0 aromatic heterocycles. The van der Waals surface area contributed by atoms with Crippen LogP contribution >= 0.6 is 0 Å². The molecule has 1 N–H and O–H groups in total. The SMILES string of the molecule is Cc1ccc(S(=O)(=O)Nc2cc3ccccc3cc2C=O)cc1. The number of rotatable bonds is 4. The number of anilines is 1. The fourth-order valence-electron chi connectivity index (χ4n) is 2.36. The van der Waals surface area contributed by atoms with Crippen molar-refractivity contribution in [2.45, 2.75) is 11.8 Å². The summed E-state index contributed by atoms with van der Waals surface area (Å²) in [6, 6.07) is 17.4. The van der Waals surface area contributed by atoms with Gasteiger partial charge in [0, 0.05) is 5.56 Å². The van der Waals surface area contributed by atoms with Gasteiger partial charge in [-0.25, -0.2) is 8.42 Å². The summed E-state index contributed by atoms with van der Waals surface area (Å²) in [5, 5.41) is 1.74. The summed E-state index contributed by atoms with van der Waals surface area (Å²) >= 11 is 0. The van der Waals surface area contributed by atoms with Crippen molar-refractivity contribution in [3.63, 3.8) is 0 Å². The van der Waals surface area contributed by atoms with Crippen molar-refractivity contribution in [2.24, 2.45) is 0 Å². The third-order valence-corrected chi connectivity index (χ3v) is 5.00. The van der Waals surface area contributed by atoms with Crippen LogP contribution in [0.5, 0.6) is 0 Å². The topological polar surface area (TPSA) is 63.2 Å².